The molecule has 3 fully saturated rings. The molecule has 1 saturated heterocycles. The number of ether oxygens (including phenoxy) is 3. The van der Waals surface area contributed by atoms with Gasteiger partial charge in [-0.15, -0.1) is 0 Å². The second kappa shape index (κ2) is 10.9. The first-order chi connectivity index (χ1) is 21.1. The molecule has 9 atom stereocenters. The Labute approximate surface area is 270 Å². The van der Waals surface area contributed by atoms with Crippen molar-refractivity contribution in [3.05, 3.63) is 47.0 Å². The highest BCUT2D eigenvalue weighted by molar-refractivity contribution is 5.94. The van der Waals surface area contributed by atoms with Crippen LogP contribution < -0.4 is 5.32 Å². The molecule has 0 spiro atoms. The number of rotatable bonds is 6. The summed E-state index contributed by atoms with van der Waals surface area (Å²) in [6.45, 7) is 13.3. The van der Waals surface area contributed by atoms with Gasteiger partial charge in [-0.3, -0.25) is 9.59 Å². The fourth-order valence-electron chi connectivity index (χ4n) is 8.22. The van der Waals surface area contributed by atoms with Crippen LogP contribution in [0.1, 0.15) is 78.6 Å². The van der Waals surface area contributed by atoms with Crippen LogP contribution in [0.15, 0.2) is 41.5 Å². The normalized spacial score (nSPS) is 38.8. The van der Waals surface area contributed by atoms with Crippen LogP contribution in [0, 0.1) is 22.2 Å². The van der Waals surface area contributed by atoms with Gasteiger partial charge in [0.25, 0.3) is 0 Å². The third-order valence-corrected chi connectivity index (χ3v) is 12.6. The van der Waals surface area contributed by atoms with E-state index < -0.39 is 87.1 Å². The molecule has 46 heavy (non-hydrogen) atoms. The van der Waals surface area contributed by atoms with Gasteiger partial charge >= 0.3 is 11.9 Å². The SMILES string of the molecule is CNC(C)(C)C(C)(C)C(=O)OC1CC2(O)C(OC(=O)c3ccccc3)C3C4(O)COC4CC(O)[C@@]3(C)C(=O)C(O)C(=C1C)C2(C)C. The second-order valence-corrected chi connectivity index (χ2v) is 15.5. The first-order valence-corrected chi connectivity index (χ1v) is 16.0. The minimum Gasteiger partial charge on any atom is -0.457 e. The van der Waals surface area contributed by atoms with E-state index in [1.54, 1.807) is 72.0 Å². The van der Waals surface area contributed by atoms with Crippen molar-refractivity contribution in [3.63, 3.8) is 0 Å². The zero-order valence-electron chi connectivity index (χ0n) is 28.2. The van der Waals surface area contributed by atoms with Gasteiger partial charge in [0.1, 0.15) is 29.5 Å². The molecule has 11 heteroatoms. The number of benzene rings is 1. The number of esters is 2. The first-order valence-electron chi connectivity index (χ1n) is 16.0. The van der Waals surface area contributed by atoms with Gasteiger partial charge in [0, 0.05) is 29.7 Å². The smallest absolute Gasteiger partial charge is 0.338 e. The van der Waals surface area contributed by atoms with E-state index in [4.69, 9.17) is 14.2 Å². The van der Waals surface area contributed by atoms with Gasteiger partial charge < -0.3 is 40.0 Å². The summed E-state index contributed by atoms with van der Waals surface area (Å²) in [7, 11) is 1.73. The molecular weight excluding hydrogens is 594 g/mol. The number of fused-ring (bicyclic) bond motifs is 5. The van der Waals surface area contributed by atoms with Crippen LogP contribution in [-0.4, -0.2) is 99.1 Å². The van der Waals surface area contributed by atoms with Crippen LogP contribution in [0.2, 0.25) is 0 Å². The Kier molecular flexibility index (Phi) is 8.24. The summed E-state index contributed by atoms with van der Waals surface area (Å²) in [6.07, 6.45) is -7.28. The Morgan fingerprint density at radius 2 is 1.63 bits per heavy atom. The maximum absolute atomic E-state index is 14.5. The molecular formula is C35H49NO10. The Morgan fingerprint density at radius 1 is 1.02 bits per heavy atom. The molecule has 8 unspecified atom stereocenters. The summed E-state index contributed by atoms with van der Waals surface area (Å²) in [4.78, 5) is 42.2. The molecule has 0 amide bonds. The lowest BCUT2D eigenvalue weighted by Crippen LogP contribution is -2.81. The lowest BCUT2D eigenvalue weighted by atomic mass is 9.44. The van der Waals surface area contributed by atoms with Crippen molar-refractivity contribution in [2.45, 2.75) is 115 Å². The van der Waals surface area contributed by atoms with Crippen molar-refractivity contribution in [1.82, 2.24) is 5.32 Å². The third-order valence-electron chi connectivity index (χ3n) is 12.6. The quantitative estimate of drug-likeness (QED) is 0.227. The van der Waals surface area contributed by atoms with Gasteiger partial charge in [-0.2, -0.15) is 0 Å². The molecule has 254 valence electrons. The molecule has 3 aliphatic carbocycles. The molecule has 0 radical (unpaired) electrons. The van der Waals surface area contributed by atoms with E-state index in [0.717, 1.165) is 0 Å². The summed E-state index contributed by atoms with van der Waals surface area (Å²) in [5, 5.41) is 51.9. The minimum absolute atomic E-state index is 0.0995. The number of hydrogen-bond donors (Lipinski definition) is 5. The van der Waals surface area contributed by atoms with E-state index in [-0.39, 0.29) is 30.6 Å². The zero-order valence-corrected chi connectivity index (χ0v) is 28.2. The summed E-state index contributed by atoms with van der Waals surface area (Å²) in [5.74, 6) is -3.60. The van der Waals surface area contributed by atoms with E-state index in [9.17, 15) is 34.8 Å². The predicted octanol–water partition coefficient (Wildman–Crippen LogP) is 2.09. The molecule has 1 aliphatic heterocycles. The first kappa shape index (κ1) is 34.7. The number of carbonyl (C=O) groups is 3. The van der Waals surface area contributed by atoms with Crippen molar-refractivity contribution >= 4 is 17.7 Å². The standard InChI is InChI=1S/C35H49NO10/c1-18-20(45-29(41)31(4,5)32(6,7)36-9)16-35(43)27(46-28(40)19-13-11-10-12-14-19)25-33(8,21(37)15-22-34(25,42)17-44-22)26(39)24(38)23(18)30(35,2)3/h10-14,20-22,24-25,27,36-38,42-43H,15-17H2,1-9H3/t20?,21?,22?,24?,25?,27?,33-,34?,35?/m1/s1. The van der Waals surface area contributed by atoms with E-state index >= 15 is 0 Å². The van der Waals surface area contributed by atoms with E-state index in [1.165, 1.54) is 6.92 Å². The number of nitrogens with one attached hydrogen (secondary N) is 1. The second-order valence-electron chi connectivity index (χ2n) is 15.5. The molecule has 4 aliphatic rings. The van der Waals surface area contributed by atoms with Crippen LogP contribution in [0.5, 0.6) is 0 Å². The zero-order chi connectivity index (χ0) is 34.4. The van der Waals surface area contributed by atoms with Crippen LogP contribution >= 0.6 is 0 Å². The summed E-state index contributed by atoms with van der Waals surface area (Å²) >= 11 is 0. The van der Waals surface area contributed by atoms with Crippen molar-refractivity contribution in [2.75, 3.05) is 13.7 Å². The van der Waals surface area contributed by atoms with Crippen LogP contribution in [0.3, 0.4) is 0 Å². The van der Waals surface area contributed by atoms with Gasteiger partial charge in [-0.05, 0) is 71.9 Å². The number of aliphatic hydroxyl groups is 4. The number of hydrogen-bond acceptors (Lipinski definition) is 11. The van der Waals surface area contributed by atoms with E-state index in [1.807, 2.05) is 13.8 Å². The van der Waals surface area contributed by atoms with E-state index in [2.05, 4.69) is 5.32 Å². The van der Waals surface area contributed by atoms with Gasteiger partial charge in [-0.1, -0.05) is 32.0 Å². The maximum Gasteiger partial charge on any atom is 0.338 e. The summed E-state index contributed by atoms with van der Waals surface area (Å²) < 4.78 is 18.0. The molecule has 1 aromatic carbocycles. The Balaban J connectivity index is 1.73. The molecule has 1 heterocycles. The van der Waals surface area contributed by atoms with E-state index in [0.29, 0.717) is 5.57 Å². The average molecular weight is 644 g/mol. The average Bonchev–Trinajstić information content (AvgIpc) is 2.99. The lowest BCUT2D eigenvalue weighted by molar-refractivity contribution is -0.343. The van der Waals surface area contributed by atoms with Gasteiger partial charge in [-0.25, -0.2) is 4.79 Å². The fraction of sp³-hybridized carbons (Fsp3) is 0.686. The highest BCUT2D eigenvalue weighted by atomic mass is 16.6. The summed E-state index contributed by atoms with van der Waals surface area (Å²) in [5.41, 5.74) is -8.33. The van der Waals surface area contributed by atoms with Gasteiger partial charge in [0.15, 0.2) is 5.78 Å². The topological polar surface area (TPSA) is 172 Å². The molecule has 0 aromatic heterocycles. The third kappa shape index (κ3) is 4.57. The molecule has 1 aromatic rings. The highest BCUT2D eigenvalue weighted by Crippen LogP contribution is 2.63. The largest absolute Gasteiger partial charge is 0.457 e. The monoisotopic (exact) mass is 643 g/mol. The number of Topliss-reactive ketones (excluding diaryl/α,β-unsaturated/α-hetero) is 1. The number of carbonyl (C=O) groups excluding carboxylic acids is 3. The maximum atomic E-state index is 14.5. The number of aliphatic hydroxyl groups excluding tert-OH is 2. The van der Waals surface area contributed by atoms with Crippen LogP contribution in [0.25, 0.3) is 0 Å². The molecule has 11 nitrogen and oxygen atoms in total. The van der Waals surface area contributed by atoms with Crippen molar-refractivity contribution in [2.24, 2.45) is 22.2 Å². The van der Waals surface area contributed by atoms with Gasteiger partial charge in [0.05, 0.1) is 35.2 Å². The molecule has 5 rings (SSSR count). The van der Waals surface area contributed by atoms with Crippen LogP contribution in [-0.2, 0) is 23.8 Å². The lowest BCUT2D eigenvalue weighted by Gasteiger charge is -2.66. The molecule has 2 bridgehead atoms. The molecule has 5 N–H and O–H groups in total. The van der Waals surface area contributed by atoms with Crippen molar-refractivity contribution < 1.29 is 49.0 Å². The Bertz CT molecular complexity index is 1450. The fourth-order valence-corrected chi connectivity index (χ4v) is 8.22. The van der Waals surface area contributed by atoms with Crippen molar-refractivity contribution in [1.29, 1.82) is 0 Å². The molecule has 2 saturated carbocycles. The van der Waals surface area contributed by atoms with Gasteiger partial charge in [0.2, 0.25) is 0 Å². The van der Waals surface area contributed by atoms with Crippen molar-refractivity contribution in [3.8, 4) is 0 Å². The Morgan fingerprint density at radius 3 is 2.17 bits per heavy atom. The predicted molar refractivity (Wildman–Crippen MR) is 166 cm³/mol. The highest BCUT2D eigenvalue weighted by Gasteiger charge is 2.76. The number of ketones is 1. The summed E-state index contributed by atoms with van der Waals surface area (Å²) in [6, 6.07) is 8.12. The Hall–Kier alpha value is -2.67. The van der Waals surface area contributed by atoms with Crippen LogP contribution in [0.4, 0.5) is 0 Å². The minimum atomic E-state index is -2.12.